The Morgan fingerprint density at radius 2 is 1.25 bits per heavy atom. The van der Waals surface area contributed by atoms with Crippen LogP contribution >= 0.6 is 0 Å². The van der Waals surface area contributed by atoms with Gasteiger partial charge in [-0.15, -0.1) is 0 Å². The van der Waals surface area contributed by atoms with Crippen molar-refractivity contribution in [3.05, 3.63) is 161 Å². The fourth-order valence-corrected chi connectivity index (χ4v) is 6.25. The first-order valence-corrected chi connectivity index (χ1v) is 12.6. The third kappa shape index (κ3) is 3.59. The standard InChI is InChI=1S/C33H28N2O/c36-32-28-19-11-10-12-24(28)20-21-29(32)31(30-22-34-23-35-30)33(25-13-4-1-5-14-25,26-15-6-2-7-16-26)27-17-8-3-9-18-27/h1-19,22-23,29,31H,20-21H2,(H,34,35). The van der Waals surface area contributed by atoms with Gasteiger partial charge in [-0.05, 0) is 35.1 Å². The maximum absolute atomic E-state index is 14.3. The van der Waals surface area contributed by atoms with Gasteiger partial charge in [0.15, 0.2) is 5.78 Å². The van der Waals surface area contributed by atoms with Gasteiger partial charge in [0.2, 0.25) is 0 Å². The summed E-state index contributed by atoms with van der Waals surface area (Å²) in [7, 11) is 0. The largest absolute Gasteiger partial charge is 0.351 e. The maximum Gasteiger partial charge on any atom is 0.166 e. The van der Waals surface area contributed by atoms with Crippen LogP contribution in [0.25, 0.3) is 0 Å². The number of carbonyl (C=O) groups is 1. The molecular formula is C33H28N2O. The Morgan fingerprint density at radius 1 is 0.722 bits per heavy atom. The molecule has 0 bridgehead atoms. The van der Waals surface area contributed by atoms with Crippen molar-refractivity contribution < 1.29 is 4.79 Å². The number of aryl methyl sites for hydroxylation is 1. The van der Waals surface area contributed by atoms with E-state index in [0.29, 0.717) is 0 Å². The summed E-state index contributed by atoms with van der Waals surface area (Å²) < 4.78 is 0. The molecule has 1 N–H and O–H groups in total. The second-order valence-corrected chi connectivity index (χ2v) is 9.54. The van der Waals surface area contributed by atoms with E-state index in [1.807, 2.05) is 24.4 Å². The molecule has 5 aromatic rings. The smallest absolute Gasteiger partial charge is 0.166 e. The third-order valence-corrected chi connectivity index (χ3v) is 7.74. The van der Waals surface area contributed by atoms with Crippen molar-refractivity contribution in [1.82, 2.24) is 9.97 Å². The molecule has 0 saturated carbocycles. The highest BCUT2D eigenvalue weighted by Crippen LogP contribution is 2.54. The van der Waals surface area contributed by atoms with Gasteiger partial charge in [0.05, 0.1) is 17.4 Å². The number of ketones is 1. The van der Waals surface area contributed by atoms with Gasteiger partial charge in [-0.3, -0.25) is 4.79 Å². The summed E-state index contributed by atoms with van der Waals surface area (Å²) in [4.78, 5) is 22.3. The fourth-order valence-electron chi connectivity index (χ4n) is 6.25. The number of aromatic amines is 1. The minimum Gasteiger partial charge on any atom is -0.351 e. The quantitative estimate of drug-likeness (QED) is 0.273. The molecule has 0 aliphatic heterocycles. The van der Waals surface area contributed by atoms with Crippen LogP contribution in [0.4, 0.5) is 0 Å². The maximum atomic E-state index is 14.3. The van der Waals surface area contributed by atoms with E-state index in [-0.39, 0.29) is 17.6 Å². The Hall–Kier alpha value is -4.24. The highest BCUT2D eigenvalue weighted by molar-refractivity contribution is 6.01. The number of benzene rings is 4. The molecule has 3 nitrogen and oxygen atoms in total. The number of carbonyl (C=O) groups excluding carboxylic acids is 1. The number of fused-ring (bicyclic) bond motifs is 1. The second-order valence-electron chi connectivity index (χ2n) is 9.54. The van der Waals surface area contributed by atoms with Gasteiger partial charge in [0.25, 0.3) is 0 Å². The van der Waals surface area contributed by atoms with Gasteiger partial charge < -0.3 is 4.98 Å². The second kappa shape index (κ2) is 9.43. The lowest BCUT2D eigenvalue weighted by Gasteiger charge is -2.46. The van der Waals surface area contributed by atoms with E-state index in [9.17, 15) is 4.79 Å². The van der Waals surface area contributed by atoms with Crippen LogP contribution < -0.4 is 0 Å². The van der Waals surface area contributed by atoms with Crippen molar-refractivity contribution in [2.24, 2.45) is 5.92 Å². The summed E-state index contributed by atoms with van der Waals surface area (Å²) in [5, 5.41) is 0. The molecule has 0 fully saturated rings. The Labute approximate surface area is 211 Å². The highest BCUT2D eigenvalue weighted by Gasteiger charge is 2.51. The molecule has 0 radical (unpaired) electrons. The van der Waals surface area contributed by atoms with Crippen LogP contribution in [0.15, 0.2) is 128 Å². The molecule has 1 aromatic heterocycles. The van der Waals surface area contributed by atoms with Crippen LogP contribution in [0.5, 0.6) is 0 Å². The van der Waals surface area contributed by atoms with Gasteiger partial charge in [-0.2, -0.15) is 0 Å². The van der Waals surface area contributed by atoms with Crippen LogP contribution in [0.1, 0.15) is 50.6 Å². The SMILES string of the molecule is O=C1c2ccccc2CCC1C(c1c[nH]cn1)C(c1ccccc1)(c1ccccc1)c1ccccc1. The topological polar surface area (TPSA) is 45.8 Å². The van der Waals surface area contributed by atoms with E-state index in [1.165, 1.54) is 0 Å². The average molecular weight is 469 g/mol. The molecule has 6 rings (SSSR count). The molecule has 1 aliphatic carbocycles. The van der Waals surface area contributed by atoms with Gasteiger partial charge in [0.1, 0.15) is 0 Å². The normalized spacial score (nSPS) is 16.3. The molecule has 1 heterocycles. The van der Waals surface area contributed by atoms with Crippen LogP contribution in [0.2, 0.25) is 0 Å². The number of nitrogens with one attached hydrogen (secondary N) is 1. The van der Waals surface area contributed by atoms with Crippen LogP contribution in [0.3, 0.4) is 0 Å². The van der Waals surface area contributed by atoms with E-state index in [4.69, 9.17) is 4.98 Å². The average Bonchev–Trinajstić information content (AvgIpc) is 3.49. The van der Waals surface area contributed by atoms with E-state index >= 15 is 0 Å². The number of hydrogen-bond donors (Lipinski definition) is 1. The molecule has 0 spiro atoms. The number of aromatic nitrogens is 2. The summed E-state index contributed by atoms with van der Waals surface area (Å²) >= 11 is 0. The summed E-state index contributed by atoms with van der Waals surface area (Å²) in [5.41, 5.74) is 5.74. The number of H-pyrrole nitrogens is 1. The Bertz CT molecular complexity index is 1350. The van der Waals surface area contributed by atoms with Crippen molar-refractivity contribution in [2.45, 2.75) is 24.2 Å². The summed E-state index contributed by atoms with van der Waals surface area (Å²) in [5.74, 6) is -0.238. The van der Waals surface area contributed by atoms with Crippen molar-refractivity contribution in [1.29, 1.82) is 0 Å². The van der Waals surface area contributed by atoms with Gasteiger partial charge >= 0.3 is 0 Å². The summed E-state index contributed by atoms with van der Waals surface area (Å²) in [6, 6.07) is 40.0. The van der Waals surface area contributed by atoms with E-state index in [1.54, 1.807) is 6.33 Å². The lowest BCUT2D eigenvalue weighted by atomic mass is 9.55. The van der Waals surface area contributed by atoms with Crippen LogP contribution in [-0.4, -0.2) is 15.8 Å². The number of Topliss-reactive ketones (excluding diaryl/α,β-unsaturated/α-hetero) is 1. The zero-order valence-corrected chi connectivity index (χ0v) is 20.0. The number of imidazole rings is 1. The molecule has 4 aromatic carbocycles. The van der Waals surface area contributed by atoms with Gasteiger partial charge in [-0.1, -0.05) is 115 Å². The van der Waals surface area contributed by atoms with Crippen molar-refractivity contribution in [3.63, 3.8) is 0 Å². The number of hydrogen-bond acceptors (Lipinski definition) is 2. The molecule has 1 aliphatic rings. The van der Waals surface area contributed by atoms with Gasteiger partial charge in [-0.25, -0.2) is 4.98 Å². The summed E-state index contributed by atoms with van der Waals surface area (Å²) in [6.07, 6.45) is 5.36. The predicted molar refractivity (Wildman–Crippen MR) is 143 cm³/mol. The third-order valence-electron chi connectivity index (χ3n) is 7.74. The van der Waals surface area contributed by atoms with E-state index in [0.717, 1.165) is 46.4 Å². The molecule has 0 amide bonds. The Morgan fingerprint density at radius 3 is 1.78 bits per heavy atom. The Balaban J connectivity index is 1.69. The first-order valence-electron chi connectivity index (χ1n) is 12.6. The summed E-state index contributed by atoms with van der Waals surface area (Å²) in [6.45, 7) is 0. The molecule has 3 heteroatoms. The predicted octanol–water partition coefficient (Wildman–Crippen LogP) is 6.97. The van der Waals surface area contributed by atoms with Crippen LogP contribution in [-0.2, 0) is 11.8 Å². The minimum atomic E-state index is -0.619. The van der Waals surface area contributed by atoms with E-state index in [2.05, 4.69) is 102 Å². The number of rotatable bonds is 6. The van der Waals surface area contributed by atoms with Gasteiger partial charge in [0, 0.05) is 23.6 Å². The van der Waals surface area contributed by atoms with Crippen molar-refractivity contribution in [3.8, 4) is 0 Å². The van der Waals surface area contributed by atoms with Crippen molar-refractivity contribution in [2.75, 3.05) is 0 Å². The van der Waals surface area contributed by atoms with Crippen molar-refractivity contribution >= 4 is 5.78 Å². The van der Waals surface area contributed by atoms with Crippen LogP contribution in [0, 0.1) is 5.92 Å². The van der Waals surface area contributed by atoms with E-state index < -0.39 is 5.41 Å². The molecule has 176 valence electrons. The minimum absolute atomic E-state index is 0.206. The first-order chi connectivity index (χ1) is 17.8. The lowest BCUT2D eigenvalue weighted by Crippen LogP contribution is -2.44. The molecule has 2 atom stereocenters. The monoisotopic (exact) mass is 468 g/mol. The molecule has 36 heavy (non-hydrogen) atoms. The molecule has 0 saturated heterocycles. The highest BCUT2D eigenvalue weighted by atomic mass is 16.1. The molecular weight excluding hydrogens is 440 g/mol. The fraction of sp³-hybridized carbons (Fsp3) is 0.152. The first kappa shape index (κ1) is 22.2. The zero-order chi connectivity index (χ0) is 24.4. The lowest BCUT2D eigenvalue weighted by molar-refractivity contribution is 0.0858. The Kier molecular flexibility index (Phi) is 5.82. The zero-order valence-electron chi connectivity index (χ0n) is 20.0. The number of nitrogens with zero attached hydrogens (tertiary/aromatic N) is 1. The molecule has 2 unspecified atom stereocenters.